The molecule has 20 heavy (non-hydrogen) atoms. The second kappa shape index (κ2) is 5.74. The Morgan fingerprint density at radius 3 is 2.65 bits per heavy atom. The van der Waals surface area contributed by atoms with Crippen molar-refractivity contribution in [1.82, 2.24) is 10.6 Å². The third-order valence-corrected chi connectivity index (χ3v) is 4.81. The first-order valence-corrected chi connectivity index (χ1v) is 7.79. The molecule has 1 heterocycles. The fraction of sp³-hybridized carbons (Fsp3) is 0.562. The third-order valence-electron chi connectivity index (χ3n) is 4.56. The minimum absolute atomic E-state index is 0.124. The predicted octanol–water partition coefficient (Wildman–Crippen LogP) is 2.76. The number of halogens is 1. The van der Waals surface area contributed by atoms with Crippen molar-refractivity contribution >= 4 is 17.5 Å². The summed E-state index contributed by atoms with van der Waals surface area (Å²) in [4.78, 5) is 12.4. The maximum absolute atomic E-state index is 12.4. The van der Waals surface area contributed by atoms with Crippen LogP contribution >= 0.6 is 11.6 Å². The summed E-state index contributed by atoms with van der Waals surface area (Å²) in [5.41, 5.74) is 1.17. The average molecular weight is 293 g/mol. The SMILES string of the molecule is C[C@@H]1C[C@@H]1[C@@H](NC(=O)[C@@H]1CCNC1)c1ccc(Cl)cc1. The van der Waals surface area contributed by atoms with Gasteiger partial charge in [0, 0.05) is 11.6 Å². The molecule has 2 N–H and O–H groups in total. The molecule has 0 radical (unpaired) electrons. The lowest BCUT2D eigenvalue weighted by Crippen LogP contribution is -2.36. The Bertz CT molecular complexity index is 482. The second-order valence-electron chi connectivity index (χ2n) is 6.10. The molecule has 4 atom stereocenters. The molecule has 1 aliphatic carbocycles. The first kappa shape index (κ1) is 13.9. The fourth-order valence-corrected chi connectivity index (χ4v) is 3.20. The normalized spacial score (nSPS) is 30.0. The molecule has 108 valence electrons. The van der Waals surface area contributed by atoms with Crippen LogP contribution in [0.15, 0.2) is 24.3 Å². The topological polar surface area (TPSA) is 41.1 Å². The molecule has 3 nitrogen and oxygen atoms in total. The van der Waals surface area contributed by atoms with Gasteiger partial charge in [-0.2, -0.15) is 0 Å². The van der Waals surface area contributed by atoms with Gasteiger partial charge in [-0.15, -0.1) is 0 Å². The van der Waals surface area contributed by atoms with Crippen LogP contribution in [0.4, 0.5) is 0 Å². The van der Waals surface area contributed by atoms with Crippen molar-refractivity contribution in [3.05, 3.63) is 34.9 Å². The zero-order valence-electron chi connectivity index (χ0n) is 11.7. The Morgan fingerprint density at radius 2 is 2.10 bits per heavy atom. The zero-order chi connectivity index (χ0) is 14.1. The fourth-order valence-electron chi connectivity index (χ4n) is 3.07. The predicted molar refractivity (Wildman–Crippen MR) is 80.6 cm³/mol. The first-order chi connectivity index (χ1) is 9.65. The van der Waals surface area contributed by atoms with Gasteiger partial charge in [0.25, 0.3) is 0 Å². The van der Waals surface area contributed by atoms with Gasteiger partial charge in [-0.3, -0.25) is 4.79 Å². The van der Waals surface area contributed by atoms with Crippen molar-refractivity contribution in [3.8, 4) is 0 Å². The Kier molecular flexibility index (Phi) is 3.99. The number of rotatable bonds is 4. The lowest BCUT2D eigenvalue weighted by molar-refractivity contribution is -0.125. The molecular weight excluding hydrogens is 272 g/mol. The molecule has 1 amide bonds. The molecule has 0 bridgehead atoms. The summed E-state index contributed by atoms with van der Waals surface area (Å²) in [6, 6.07) is 8.01. The van der Waals surface area contributed by atoms with Crippen LogP contribution in [0.5, 0.6) is 0 Å². The van der Waals surface area contributed by atoms with Crippen molar-refractivity contribution in [1.29, 1.82) is 0 Å². The van der Waals surface area contributed by atoms with Gasteiger partial charge in [0.15, 0.2) is 0 Å². The molecule has 1 saturated carbocycles. The van der Waals surface area contributed by atoms with Crippen molar-refractivity contribution < 1.29 is 4.79 Å². The molecular formula is C16H21ClN2O. The van der Waals surface area contributed by atoms with Gasteiger partial charge in [-0.05, 0) is 48.9 Å². The van der Waals surface area contributed by atoms with E-state index in [2.05, 4.69) is 17.6 Å². The Labute approximate surface area is 125 Å². The van der Waals surface area contributed by atoms with Gasteiger partial charge in [0.1, 0.15) is 0 Å². The molecule has 1 aromatic carbocycles. The number of hydrogen-bond donors (Lipinski definition) is 2. The van der Waals surface area contributed by atoms with Gasteiger partial charge in [-0.1, -0.05) is 30.7 Å². The summed E-state index contributed by atoms with van der Waals surface area (Å²) in [7, 11) is 0. The van der Waals surface area contributed by atoms with Crippen LogP contribution in [0, 0.1) is 17.8 Å². The average Bonchev–Trinajstić information content (AvgIpc) is 2.94. The summed E-state index contributed by atoms with van der Waals surface area (Å²) in [5.74, 6) is 1.57. The van der Waals surface area contributed by atoms with Crippen LogP contribution in [-0.4, -0.2) is 19.0 Å². The minimum atomic E-state index is 0.124. The molecule has 3 rings (SSSR count). The lowest BCUT2D eigenvalue weighted by atomic mass is 9.99. The smallest absolute Gasteiger partial charge is 0.224 e. The molecule has 2 aliphatic rings. The number of nitrogens with one attached hydrogen (secondary N) is 2. The number of hydrogen-bond acceptors (Lipinski definition) is 2. The zero-order valence-corrected chi connectivity index (χ0v) is 12.5. The summed E-state index contributed by atoms with van der Waals surface area (Å²) in [5, 5.41) is 7.25. The summed E-state index contributed by atoms with van der Waals surface area (Å²) in [6.07, 6.45) is 2.13. The first-order valence-electron chi connectivity index (χ1n) is 7.41. The van der Waals surface area contributed by atoms with E-state index in [1.807, 2.05) is 24.3 Å². The third kappa shape index (κ3) is 2.99. The van der Waals surface area contributed by atoms with Gasteiger partial charge >= 0.3 is 0 Å². The van der Waals surface area contributed by atoms with Gasteiger partial charge in [0.2, 0.25) is 5.91 Å². The molecule has 4 heteroatoms. The lowest BCUT2D eigenvalue weighted by Gasteiger charge is -2.21. The molecule has 1 aromatic rings. The van der Waals surface area contributed by atoms with Gasteiger partial charge < -0.3 is 10.6 Å². The van der Waals surface area contributed by atoms with E-state index in [0.29, 0.717) is 11.8 Å². The Morgan fingerprint density at radius 1 is 1.40 bits per heavy atom. The number of benzene rings is 1. The van der Waals surface area contributed by atoms with E-state index < -0.39 is 0 Å². The van der Waals surface area contributed by atoms with E-state index in [4.69, 9.17) is 11.6 Å². The van der Waals surface area contributed by atoms with Crippen molar-refractivity contribution in [2.24, 2.45) is 17.8 Å². The number of amides is 1. The summed E-state index contributed by atoms with van der Waals surface area (Å²) < 4.78 is 0. The number of carbonyl (C=O) groups excluding carboxylic acids is 1. The maximum atomic E-state index is 12.4. The molecule has 1 aliphatic heterocycles. The summed E-state index contributed by atoms with van der Waals surface area (Å²) >= 11 is 5.95. The Balaban J connectivity index is 1.73. The van der Waals surface area contributed by atoms with Gasteiger partial charge in [-0.25, -0.2) is 0 Å². The molecule has 0 unspecified atom stereocenters. The Hall–Kier alpha value is -1.06. The standard InChI is InChI=1S/C16H21ClN2O/c1-10-8-14(10)15(11-2-4-13(17)5-3-11)19-16(20)12-6-7-18-9-12/h2-5,10,12,14-15,18H,6-9H2,1H3,(H,19,20)/t10-,12-,14+,15+/m1/s1. The van der Waals surface area contributed by atoms with Crippen molar-refractivity contribution in [2.75, 3.05) is 13.1 Å². The van der Waals surface area contributed by atoms with Crippen LogP contribution in [0.1, 0.15) is 31.4 Å². The van der Waals surface area contributed by atoms with Crippen LogP contribution in [-0.2, 0) is 4.79 Å². The van der Waals surface area contributed by atoms with Crippen molar-refractivity contribution in [2.45, 2.75) is 25.8 Å². The highest BCUT2D eigenvalue weighted by Crippen LogP contribution is 2.47. The van der Waals surface area contributed by atoms with Crippen LogP contribution in [0.25, 0.3) is 0 Å². The molecule has 2 fully saturated rings. The van der Waals surface area contributed by atoms with E-state index in [1.165, 1.54) is 12.0 Å². The van der Waals surface area contributed by atoms with Crippen molar-refractivity contribution in [3.63, 3.8) is 0 Å². The van der Waals surface area contributed by atoms with E-state index in [1.54, 1.807) is 0 Å². The minimum Gasteiger partial charge on any atom is -0.349 e. The van der Waals surface area contributed by atoms with Gasteiger partial charge in [0.05, 0.1) is 12.0 Å². The van der Waals surface area contributed by atoms with Crippen LogP contribution < -0.4 is 10.6 Å². The monoisotopic (exact) mass is 292 g/mol. The van der Waals surface area contributed by atoms with E-state index in [9.17, 15) is 4.79 Å². The molecule has 1 saturated heterocycles. The van der Waals surface area contributed by atoms with Crippen LogP contribution in [0.2, 0.25) is 5.02 Å². The molecule has 0 spiro atoms. The highest BCUT2D eigenvalue weighted by molar-refractivity contribution is 6.30. The highest BCUT2D eigenvalue weighted by atomic mass is 35.5. The second-order valence-corrected chi connectivity index (χ2v) is 6.54. The van der Waals surface area contributed by atoms with E-state index >= 15 is 0 Å². The molecule has 0 aromatic heterocycles. The van der Waals surface area contributed by atoms with E-state index in [-0.39, 0.29) is 17.9 Å². The number of carbonyl (C=O) groups is 1. The maximum Gasteiger partial charge on any atom is 0.224 e. The largest absolute Gasteiger partial charge is 0.349 e. The quantitative estimate of drug-likeness (QED) is 0.896. The highest BCUT2D eigenvalue weighted by Gasteiger charge is 2.41. The van der Waals surface area contributed by atoms with Crippen LogP contribution in [0.3, 0.4) is 0 Å². The summed E-state index contributed by atoms with van der Waals surface area (Å²) in [6.45, 7) is 4.00. The van der Waals surface area contributed by atoms with E-state index in [0.717, 1.165) is 24.5 Å².